The Labute approximate surface area is 109 Å². The molecule has 1 atom stereocenters. The predicted molar refractivity (Wildman–Crippen MR) is 69.4 cm³/mol. The van der Waals surface area contributed by atoms with Gasteiger partial charge in [-0.3, -0.25) is 9.59 Å². The summed E-state index contributed by atoms with van der Waals surface area (Å²) in [4.78, 5) is 26.1. The molecule has 0 spiro atoms. The SMILES string of the molecule is CCCC(N)C(=O)Nc1nc(C(N)=O)cs1.Cl. The van der Waals surface area contributed by atoms with Gasteiger partial charge in [-0.15, -0.1) is 23.7 Å². The van der Waals surface area contributed by atoms with Crippen molar-refractivity contribution in [2.45, 2.75) is 25.8 Å². The van der Waals surface area contributed by atoms with Crippen molar-refractivity contribution in [2.75, 3.05) is 5.32 Å². The van der Waals surface area contributed by atoms with Crippen molar-refractivity contribution < 1.29 is 9.59 Å². The normalized spacial score (nSPS) is 11.4. The first-order valence-electron chi connectivity index (χ1n) is 4.86. The van der Waals surface area contributed by atoms with Crippen molar-refractivity contribution in [3.63, 3.8) is 0 Å². The molecule has 17 heavy (non-hydrogen) atoms. The quantitative estimate of drug-likeness (QED) is 0.737. The summed E-state index contributed by atoms with van der Waals surface area (Å²) in [5, 5.41) is 4.37. The molecule has 0 aliphatic carbocycles. The minimum Gasteiger partial charge on any atom is -0.364 e. The Kier molecular flexibility index (Phi) is 6.71. The van der Waals surface area contributed by atoms with Crippen molar-refractivity contribution in [3.8, 4) is 0 Å². The number of carbonyl (C=O) groups excluding carboxylic acids is 2. The van der Waals surface area contributed by atoms with Crippen LogP contribution >= 0.6 is 23.7 Å². The van der Waals surface area contributed by atoms with Crippen LogP contribution in [0.25, 0.3) is 0 Å². The van der Waals surface area contributed by atoms with Gasteiger partial charge in [-0.1, -0.05) is 13.3 Å². The average molecular weight is 279 g/mol. The largest absolute Gasteiger partial charge is 0.364 e. The summed E-state index contributed by atoms with van der Waals surface area (Å²) in [7, 11) is 0. The molecular formula is C9H15ClN4O2S. The zero-order valence-electron chi connectivity index (χ0n) is 9.30. The van der Waals surface area contributed by atoms with Gasteiger partial charge in [0, 0.05) is 5.38 Å². The van der Waals surface area contributed by atoms with E-state index in [0.29, 0.717) is 11.6 Å². The fourth-order valence-electron chi connectivity index (χ4n) is 1.08. The van der Waals surface area contributed by atoms with Gasteiger partial charge in [-0.25, -0.2) is 4.98 Å². The number of nitrogens with one attached hydrogen (secondary N) is 1. The molecule has 1 aromatic rings. The molecular weight excluding hydrogens is 264 g/mol. The minimum atomic E-state index is -0.616. The van der Waals surface area contributed by atoms with E-state index in [2.05, 4.69) is 10.3 Å². The van der Waals surface area contributed by atoms with Gasteiger partial charge in [-0.2, -0.15) is 0 Å². The molecule has 0 aliphatic heterocycles. The summed E-state index contributed by atoms with van der Waals surface area (Å²) >= 11 is 1.14. The van der Waals surface area contributed by atoms with E-state index < -0.39 is 11.9 Å². The number of hydrogen-bond acceptors (Lipinski definition) is 5. The molecule has 0 saturated heterocycles. The second-order valence-electron chi connectivity index (χ2n) is 3.29. The third kappa shape index (κ3) is 4.68. The molecule has 2 amide bonds. The number of aromatic nitrogens is 1. The first-order chi connectivity index (χ1) is 7.54. The number of carbonyl (C=O) groups is 2. The number of hydrogen-bond donors (Lipinski definition) is 3. The van der Waals surface area contributed by atoms with Crippen LogP contribution in [0.15, 0.2) is 5.38 Å². The molecule has 1 aromatic heterocycles. The number of nitrogens with zero attached hydrogens (tertiary/aromatic N) is 1. The van der Waals surface area contributed by atoms with Gasteiger partial charge in [0.05, 0.1) is 6.04 Å². The molecule has 5 N–H and O–H groups in total. The third-order valence-corrected chi connectivity index (χ3v) is 2.68. The molecule has 0 radical (unpaired) electrons. The fraction of sp³-hybridized carbons (Fsp3) is 0.444. The van der Waals surface area contributed by atoms with E-state index in [1.807, 2.05) is 6.92 Å². The predicted octanol–water partition coefficient (Wildman–Crippen LogP) is 0.730. The summed E-state index contributed by atoms with van der Waals surface area (Å²) in [5.41, 5.74) is 10.8. The maximum absolute atomic E-state index is 11.5. The Morgan fingerprint density at radius 2 is 2.24 bits per heavy atom. The summed E-state index contributed by atoms with van der Waals surface area (Å²) < 4.78 is 0. The number of halogens is 1. The third-order valence-electron chi connectivity index (χ3n) is 1.92. The molecule has 1 unspecified atom stereocenters. The number of primary amides is 1. The van der Waals surface area contributed by atoms with E-state index in [4.69, 9.17) is 11.5 Å². The van der Waals surface area contributed by atoms with Crippen LogP contribution in [0, 0.1) is 0 Å². The average Bonchev–Trinajstić information content (AvgIpc) is 2.66. The van der Waals surface area contributed by atoms with Gasteiger partial charge >= 0.3 is 0 Å². The second-order valence-corrected chi connectivity index (χ2v) is 4.14. The summed E-state index contributed by atoms with van der Waals surface area (Å²) in [5.74, 6) is -0.915. The Bertz CT molecular complexity index is 396. The van der Waals surface area contributed by atoms with E-state index in [0.717, 1.165) is 17.8 Å². The molecule has 0 fully saturated rings. The lowest BCUT2D eigenvalue weighted by atomic mass is 10.2. The molecule has 6 nitrogen and oxygen atoms in total. The highest BCUT2D eigenvalue weighted by Gasteiger charge is 2.14. The van der Waals surface area contributed by atoms with Crippen molar-refractivity contribution in [2.24, 2.45) is 11.5 Å². The lowest BCUT2D eigenvalue weighted by molar-refractivity contribution is -0.117. The van der Waals surface area contributed by atoms with E-state index in [9.17, 15) is 9.59 Å². The Morgan fingerprint density at radius 1 is 1.59 bits per heavy atom. The van der Waals surface area contributed by atoms with Crippen molar-refractivity contribution >= 4 is 40.7 Å². The lowest BCUT2D eigenvalue weighted by Gasteiger charge is -2.08. The standard InChI is InChI=1S/C9H14N4O2S.ClH/c1-2-3-5(10)8(15)13-9-12-6(4-16-9)7(11)14;/h4-5H,2-3,10H2,1H3,(H2,11,14)(H,12,13,15);1H. The van der Waals surface area contributed by atoms with E-state index in [1.165, 1.54) is 5.38 Å². The van der Waals surface area contributed by atoms with Crippen molar-refractivity contribution in [1.29, 1.82) is 0 Å². The van der Waals surface area contributed by atoms with Crippen LogP contribution < -0.4 is 16.8 Å². The van der Waals surface area contributed by atoms with Crippen LogP contribution in [0.2, 0.25) is 0 Å². The second kappa shape index (κ2) is 7.21. The highest BCUT2D eigenvalue weighted by Crippen LogP contribution is 2.15. The monoisotopic (exact) mass is 278 g/mol. The van der Waals surface area contributed by atoms with Crippen LogP contribution in [0.4, 0.5) is 5.13 Å². The molecule has 0 saturated carbocycles. The molecule has 0 bridgehead atoms. The number of anilines is 1. The molecule has 96 valence electrons. The number of rotatable bonds is 5. The van der Waals surface area contributed by atoms with Crippen molar-refractivity contribution in [1.82, 2.24) is 4.98 Å². The molecule has 1 rings (SSSR count). The van der Waals surface area contributed by atoms with Crippen LogP contribution in [0.5, 0.6) is 0 Å². The van der Waals surface area contributed by atoms with Gasteiger partial charge in [-0.05, 0) is 6.42 Å². The van der Waals surface area contributed by atoms with Gasteiger partial charge < -0.3 is 16.8 Å². The first kappa shape index (κ1) is 15.8. The van der Waals surface area contributed by atoms with Crippen LogP contribution in [0.3, 0.4) is 0 Å². The summed E-state index contributed by atoms with van der Waals surface area (Å²) in [6, 6.07) is -0.550. The fourth-order valence-corrected chi connectivity index (χ4v) is 1.79. The van der Waals surface area contributed by atoms with E-state index >= 15 is 0 Å². The smallest absolute Gasteiger partial charge is 0.268 e. The highest BCUT2D eigenvalue weighted by molar-refractivity contribution is 7.14. The van der Waals surface area contributed by atoms with Crippen molar-refractivity contribution in [3.05, 3.63) is 11.1 Å². The Hall–Kier alpha value is -1.18. The van der Waals surface area contributed by atoms with Crippen LogP contribution in [-0.2, 0) is 4.79 Å². The van der Waals surface area contributed by atoms with Gasteiger partial charge in [0.15, 0.2) is 5.13 Å². The van der Waals surface area contributed by atoms with E-state index in [1.54, 1.807) is 0 Å². The zero-order chi connectivity index (χ0) is 12.1. The molecule has 0 aromatic carbocycles. The number of nitrogens with two attached hydrogens (primary N) is 2. The van der Waals surface area contributed by atoms with Gasteiger partial charge in [0.25, 0.3) is 5.91 Å². The maximum Gasteiger partial charge on any atom is 0.268 e. The van der Waals surface area contributed by atoms with Gasteiger partial charge in [0.1, 0.15) is 5.69 Å². The highest BCUT2D eigenvalue weighted by atomic mass is 35.5. The zero-order valence-corrected chi connectivity index (χ0v) is 10.9. The minimum absolute atomic E-state index is 0. The summed E-state index contributed by atoms with van der Waals surface area (Å²) in [6.45, 7) is 1.95. The van der Waals surface area contributed by atoms with E-state index in [-0.39, 0.29) is 24.0 Å². The summed E-state index contributed by atoms with van der Waals surface area (Å²) in [6.07, 6.45) is 1.44. The first-order valence-corrected chi connectivity index (χ1v) is 5.74. The Balaban J connectivity index is 0.00000256. The number of thiazole rings is 1. The molecule has 0 aliphatic rings. The van der Waals surface area contributed by atoms with Crippen LogP contribution in [-0.4, -0.2) is 22.8 Å². The maximum atomic E-state index is 11.5. The lowest BCUT2D eigenvalue weighted by Crippen LogP contribution is -2.35. The molecule has 1 heterocycles. The van der Waals surface area contributed by atoms with Crippen LogP contribution in [0.1, 0.15) is 30.3 Å². The Morgan fingerprint density at radius 3 is 2.71 bits per heavy atom. The number of amides is 2. The van der Waals surface area contributed by atoms with Gasteiger partial charge in [0.2, 0.25) is 5.91 Å². The molecule has 8 heteroatoms. The topological polar surface area (TPSA) is 111 Å².